The van der Waals surface area contributed by atoms with E-state index in [0.717, 1.165) is 6.42 Å². The van der Waals surface area contributed by atoms with Crippen molar-refractivity contribution in [2.24, 2.45) is 11.8 Å². The lowest BCUT2D eigenvalue weighted by molar-refractivity contribution is 0.407. The van der Waals surface area contributed by atoms with Crippen LogP contribution in [0.3, 0.4) is 0 Å². The Bertz CT molecular complexity index is 93.5. The van der Waals surface area contributed by atoms with E-state index >= 15 is 0 Å². The van der Waals surface area contributed by atoms with Gasteiger partial charge in [-0.15, -0.1) is 0 Å². The Morgan fingerprint density at radius 2 is 2.14 bits per heavy atom. The van der Waals surface area contributed by atoms with E-state index < -0.39 is 6.85 Å². The summed E-state index contributed by atoms with van der Waals surface area (Å²) in [5.41, 5.74) is 0. The van der Waals surface area contributed by atoms with Crippen molar-refractivity contribution in [1.82, 2.24) is 0 Å². The molecule has 0 saturated carbocycles. The van der Waals surface area contributed by atoms with Crippen LogP contribution >= 0.6 is 0 Å². The van der Waals surface area contributed by atoms with Crippen LogP contribution in [-0.2, 0) is 0 Å². The van der Waals surface area contributed by atoms with Crippen LogP contribution in [0.5, 0.6) is 0 Å². The third kappa shape index (κ3) is 2.67. The first-order valence-corrected chi connectivity index (χ1v) is 2.89. The molecule has 0 radical (unpaired) electrons. The minimum absolute atomic E-state index is 0.132. The Kier molecular flexibility index (Phi) is 1.36. The molecule has 0 aromatic carbocycles. The standard InChI is InChI=1S/C7H16/c1-5-7(4)6(2)3/h6-7H,5H2,1-4H3/i4D3. The molecule has 0 aliphatic rings. The molecule has 0 aromatic rings. The summed E-state index contributed by atoms with van der Waals surface area (Å²) >= 11 is 0. The SMILES string of the molecule is [2H]C([2H])([2H])C(CC)C(C)C. The van der Waals surface area contributed by atoms with Gasteiger partial charge in [-0.2, -0.15) is 0 Å². The molecule has 44 valence electrons. The molecule has 0 saturated heterocycles. The summed E-state index contributed by atoms with van der Waals surface area (Å²) in [5.74, 6) is 0.130. The van der Waals surface area contributed by atoms with Crippen LogP contribution in [0.2, 0.25) is 0 Å². The second kappa shape index (κ2) is 3.06. The van der Waals surface area contributed by atoms with E-state index in [1.807, 2.05) is 20.8 Å². The fraction of sp³-hybridized carbons (Fsp3) is 1.00. The Morgan fingerprint density at radius 1 is 1.57 bits per heavy atom. The van der Waals surface area contributed by atoms with Gasteiger partial charge in [0, 0.05) is 4.11 Å². The van der Waals surface area contributed by atoms with Gasteiger partial charge in [0.05, 0.1) is 0 Å². The highest BCUT2D eigenvalue weighted by atomic mass is 14.1. The number of rotatable bonds is 2. The maximum Gasteiger partial charge on any atom is 0.0233 e. The summed E-state index contributed by atoms with van der Waals surface area (Å²) in [5, 5.41) is 0. The third-order valence-corrected chi connectivity index (χ3v) is 1.24. The highest BCUT2D eigenvalue weighted by Gasteiger charge is 2.01. The summed E-state index contributed by atoms with van der Waals surface area (Å²) < 4.78 is 21.5. The molecule has 7 heavy (non-hydrogen) atoms. The van der Waals surface area contributed by atoms with Crippen molar-refractivity contribution in [3.05, 3.63) is 0 Å². The van der Waals surface area contributed by atoms with Crippen molar-refractivity contribution in [3.8, 4) is 0 Å². The Morgan fingerprint density at radius 3 is 2.14 bits per heavy atom. The minimum atomic E-state index is -1.76. The molecule has 0 aliphatic carbocycles. The average molecular weight is 103 g/mol. The van der Waals surface area contributed by atoms with Crippen molar-refractivity contribution in [2.75, 3.05) is 0 Å². The van der Waals surface area contributed by atoms with Crippen LogP contribution < -0.4 is 0 Å². The minimum Gasteiger partial charge on any atom is -0.0651 e. The Hall–Kier alpha value is 0. The number of hydrogen-bond donors (Lipinski definition) is 0. The monoisotopic (exact) mass is 103 g/mol. The van der Waals surface area contributed by atoms with Crippen molar-refractivity contribution < 1.29 is 4.11 Å². The molecule has 0 rings (SSSR count). The highest BCUT2D eigenvalue weighted by Crippen LogP contribution is 2.11. The molecular formula is C7H16. The maximum atomic E-state index is 7.15. The molecule has 0 aromatic heterocycles. The zero-order valence-electron chi connectivity index (χ0n) is 8.36. The highest BCUT2D eigenvalue weighted by molar-refractivity contribution is 4.52. The molecule has 0 nitrogen and oxygen atoms in total. The zero-order chi connectivity index (χ0) is 8.36. The molecule has 0 aliphatic heterocycles. The lowest BCUT2D eigenvalue weighted by Gasteiger charge is -2.10. The summed E-state index contributed by atoms with van der Waals surface area (Å²) in [6.07, 6.45) is 0.744. The van der Waals surface area contributed by atoms with E-state index in [2.05, 4.69) is 0 Å². The van der Waals surface area contributed by atoms with Gasteiger partial charge in [-0.1, -0.05) is 34.0 Å². The van der Waals surface area contributed by atoms with E-state index in [-0.39, 0.29) is 11.8 Å². The zero-order valence-corrected chi connectivity index (χ0v) is 5.36. The van der Waals surface area contributed by atoms with E-state index in [9.17, 15) is 0 Å². The van der Waals surface area contributed by atoms with Gasteiger partial charge in [0.15, 0.2) is 0 Å². The van der Waals surface area contributed by atoms with Gasteiger partial charge < -0.3 is 0 Å². The molecule has 1 unspecified atom stereocenters. The van der Waals surface area contributed by atoms with Crippen LogP contribution in [-0.4, -0.2) is 0 Å². The molecule has 0 fully saturated rings. The van der Waals surface area contributed by atoms with Gasteiger partial charge in [0.2, 0.25) is 0 Å². The summed E-state index contributed by atoms with van der Waals surface area (Å²) in [4.78, 5) is 0. The number of hydrogen-bond acceptors (Lipinski definition) is 0. The van der Waals surface area contributed by atoms with Crippen molar-refractivity contribution >= 4 is 0 Å². The lowest BCUT2D eigenvalue weighted by atomic mass is 9.96. The lowest BCUT2D eigenvalue weighted by Crippen LogP contribution is -2.00. The molecule has 0 spiro atoms. The van der Waals surface area contributed by atoms with E-state index in [0.29, 0.717) is 0 Å². The second-order valence-corrected chi connectivity index (χ2v) is 2.26. The van der Waals surface area contributed by atoms with Gasteiger partial charge >= 0.3 is 0 Å². The molecule has 0 amide bonds. The van der Waals surface area contributed by atoms with Crippen LogP contribution in [0, 0.1) is 11.8 Å². The average Bonchev–Trinajstić information content (AvgIpc) is 1.60. The largest absolute Gasteiger partial charge is 0.0651 e. The summed E-state index contributed by atoms with van der Waals surface area (Å²) in [6, 6.07) is 0. The topological polar surface area (TPSA) is 0 Å². The van der Waals surface area contributed by atoms with Crippen molar-refractivity contribution in [3.63, 3.8) is 0 Å². The molecule has 0 N–H and O–H groups in total. The first kappa shape index (κ1) is 3.11. The first-order chi connectivity index (χ1) is 4.39. The fourth-order valence-corrected chi connectivity index (χ4v) is 0.471. The van der Waals surface area contributed by atoms with Crippen molar-refractivity contribution in [2.45, 2.75) is 34.0 Å². The fourth-order valence-electron chi connectivity index (χ4n) is 0.471. The molecular weight excluding hydrogens is 84.1 g/mol. The van der Waals surface area contributed by atoms with Gasteiger partial charge in [0.25, 0.3) is 0 Å². The quantitative estimate of drug-likeness (QED) is 0.504. The van der Waals surface area contributed by atoms with Gasteiger partial charge in [-0.05, 0) is 11.8 Å². The van der Waals surface area contributed by atoms with Gasteiger partial charge in [-0.3, -0.25) is 0 Å². The molecule has 1 atom stereocenters. The molecule has 0 heteroatoms. The predicted molar refractivity (Wildman–Crippen MR) is 34.3 cm³/mol. The van der Waals surface area contributed by atoms with Gasteiger partial charge in [0.1, 0.15) is 0 Å². The van der Waals surface area contributed by atoms with E-state index in [4.69, 9.17) is 4.11 Å². The molecule has 0 heterocycles. The predicted octanol–water partition coefficient (Wildman–Crippen LogP) is 2.69. The van der Waals surface area contributed by atoms with Crippen LogP contribution in [0.4, 0.5) is 0 Å². The Labute approximate surface area is 51.1 Å². The van der Waals surface area contributed by atoms with E-state index in [1.54, 1.807) is 0 Å². The second-order valence-electron chi connectivity index (χ2n) is 2.26. The van der Waals surface area contributed by atoms with Crippen LogP contribution in [0.15, 0.2) is 0 Å². The van der Waals surface area contributed by atoms with Gasteiger partial charge in [-0.25, -0.2) is 0 Å². The smallest absolute Gasteiger partial charge is 0.0233 e. The normalized spacial score (nSPS) is 23.1. The third-order valence-electron chi connectivity index (χ3n) is 1.24. The summed E-state index contributed by atoms with van der Waals surface area (Å²) in [6.45, 7) is 4.08. The Balaban J connectivity index is 4.07. The molecule has 0 bridgehead atoms. The van der Waals surface area contributed by atoms with Crippen LogP contribution in [0.1, 0.15) is 38.2 Å². The van der Waals surface area contributed by atoms with E-state index in [1.165, 1.54) is 0 Å². The summed E-state index contributed by atoms with van der Waals surface area (Å²) in [7, 11) is 0. The first-order valence-electron chi connectivity index (χ1n) is 4.39. The van der Waals surface area contributed by atoms with Crippen molar-refractivity contribution in [1.29, 1.82) is 0 Å². The maximum absolute atomic E-state index is 7.15. The van der Waals surface area contributed by atoms with Crippen LogP contribution in [0.25, 0.3) is 0 Å².